The second kappa shape index (κ2) is 5.54. The van der Waals surface area contributed by atoms with Crippen molar-refractivity contribution in [3.63, 3.8) is 0 Å². The normalized spacial score (nSPS) is 23.9. The minimum absolute atomic E-state index is 0.132. The molecule has 0 bridgehead atoms. The van der Waals surface area contributed by atoms with E-state index in [1.807, 2.05) is 0 Å². The molecule has 0 saturated carbocycles. The molecule has 102 valence electrons. The molecule has 0 spiro atoms. The van der Waals surface area contributed by atoms with Gasteiger partial charge in [-0.1, -0.05) is 0 Å². The lowest BCUT2D eigenvalue weighted by molar-refractivity contribution is 0.190. The van der Waals surface area contributed by atoms with E-state index in [0.29, 0.717) is 6.04 Å². The zero-order chi connectivity index (χ0) is 14.0. The molecule has 0 radical (unpaired) electrons. The first kappa shape index (κ1) is 13.8. The van der Waals surface area contributed by atoms with E-state index >= 15 is 0 Å². The number of rotatable bonds is 2. The van der Waals surface area contributed by atoms with Crippen LogP contribution in [0.2, 0.25) is 0 Å². The standard InChI is InChI=1S/C14H17F2N3/c1-9-7-11(5-6-19(9)2)18-12-4-3-10(8-17)13(15)14(12)16/h3-4,9,11,18H,5-7H2,1-2H3. The zero-order valence-corrected chi connectivity index (χ0v) is 11.1. The Labute approximate surface area is 111 Å². The second-order valence-electron chi connectivity index (χ2n) is 5.10. The quantitative estimate of drug-likeness (QED) is 0.893. The van der Waals surface area contributed by atoms with Gasteiger partial charge in [-0.2, -0.15) is 5.26 Å². The first-order valence-electron chi connectivity index (χ1n) is 6.37. The average Bonchev–Trinajstić information content (AvgIpc) is 2.40. The molecule has 1 N–H and O–H groups in total. The number of halogens is 2. The number of hydrogen-bond donors (Lipinski definition) is 1. The van der Waals surface area contributed by atoms with Gasteiger partial charge in [0.2, 0.25) is 0 Å². The first-order chi connectivity index (χ1) is 9.02. The minimum atomic E-state index is -1.08. The molecule has 1 aromatic carbocycles. The Morgan fingerprint density at radius 1 is 1.37 bits per heavy atom. The summed E-state index contributed by atoms with van der Waals surface area (Å²) in [7, 11) is 2.06. The van der Waals surface area contributed by atoms with E-state index in [1.165, 1.54) is 12.1 Å². The number of anilines is 1. The van der Waals surface area contributed by atoms with Crippen molar-refractivity contribution in [2.24, 2.45) is 0 Å². The van der Waals surface area contributed by atoms with Gasteiger partial charge in [0.1, 0.15) is 6.07 Å². The second-order valence-corrected chi connectivity index (χ2v) is 5.10. The predicted molar refractivity (Wildman–Crippen MR) is 69.8 cm³/mol. The maximum Gasteiger partial charge on any atom is 0.183 e. The highest BCUT2D eigenvalue weighted by atomic mass is 19.2. The fraction of sp³-hybridized carbons (Fsp3) is 0.500. The summed E-state index contributed by atoms with van der Waals surface area (Å²) in [5.41, 5.74) is -0.127. The van der Waals surface area contributed by atoms with Gasteiger partial charge in [-0.15, -0.1) is 0 Å². The average molecular weight is 265 g/mol. The van der Waals surface area contributed by atoms with Crippen LogP contribution in [0.5, 0.6) is 0 Å². The van der Waals surface area contributed by atoms with Gasteiger partial charge in [0, 0.05) is 18.6 Å². The topological polar surface area (TPSA) is 39.1 Å². The summed E-state index contributed by atoms with van der Waals surface area (Å²) in [6.07, 6.45) is 1.78. The molecule has 2 atom stereocenters. The highest BCUT2D eigenvalue weighted by Crippen LogP contribution is 2.24. The molecule has 1 aromatic rings. The fourth-order valence-corrected chi connectivity index (χ4v) is 2.39. The molecule has 1 aliphatic heterocycles. The van der Waals surface area contributed by atoms with Crippen molar-refractivity contribution in [3.05, 3.63) is 29.3 Å². The van der Waals surface area contributed by atoms with Gasteiger partial charge in [-0.05, 0) is 38.9 Å². The van der Waals surface area contributed by atoms with E-state index in [1.54, 1.807) is 6.07 Å². The van der Waals surface area contributed by atoms with Gasteiger partial charge in [-0.3, -0.25) is 0 Å². The van der Waals surface area contributed by atoms with E-state index in [9.17, 15) is 8.78 Å². The number of hydrogen-bond acceptors (Lipinski definition) is 3. The number of nitrogens with one attached hydrogen (secondary N) is 1. The van der Waals surface area contributed by atoms with Crippen LogP contribution in [0.3, 0.4) is 0 Å². The zero-order valence-electron chi connectivity index (χ0n) is 11.1. The summed E-state index contributed by atoms with van der Waals surface area (Å²) in [4.78, 5) is 2.24. The van der Waals surface area contributed by atoms with E-state index in [0.717, 1.165) is 19.4 Å². The summed E-state index contributed by atoms with van der Waals surface area (Å²) >= 11 is 0. The molecule has 1 saturated heterocycles. The van der Waals surface area contributed by atoms with Crippen molar-refractivity contribution in [3.8, 4) is 6.07 Å². The van der Waals surface area contributed by atoms with Crippen molar-refractivity contribution < 1.29 is 8.78 Å². The van der Waals surface area contributed by atoms with Crippen LogP contribution in [0.25, 0.3) is 0 Å². The molecule has 19 heavy (non-hydrogen) atoms. The molecule has 1 fully saturated rings. The number of benzene rings is 1. The Balaban J connectivity index is 2.12. The van der Waals surface area contributed by atoms with E-state index in [2.05, 4.69) is 24.2 Å². The third-order valence-electron chi connectivity index (χ3n) is 3.77. The number of nitriles is 1. The molecule has 0 amide bonds. The number of piperidine rings is 1. The van der Waals surface area contributed by atoms with Crippen LogP contribution in [0, 0.1) is 23.0 Å². The third kappa shape index (κ3) is 2.85. The lowest BCUT2D eigenvalue weighted by atomic mass is 9.98. The van der Waals surface area contributed by atoms with Crippen LogP contribution < -0.4 is 5.32 Å². The Bertz CT molecular complexity index is 510. The molecule has 1 aliphatic rings. The molecule has 0 aromatic heterocycles. The van der Waals surface area contributed by atoms with E-state index < -0.39 is 11.6 Å². The van der Waals surface area contributed by atoms with Crippen molar-refractivity contribution in [1.29, 1.82) is 5.26 Å². The van der Waals surface area contributed by atoms with Gasteiger partial charge < -0.3 is 10.2 Å². The van der Waals surface area contributed by atoms with Gasteiger partial charge in [0.15, 0.2) is 11.6 Å². The summed E-state index contributed by atoms with van der Waals surface area (Å²) in [5.74, 6) is -2.04. The Hall–Kier alpha value is -1.67. The predicted octanol–water partition coefficient (Wildman–Crippen LogP) is 2.73. The number of nitrogens with zero attached hydrogens (tertiary/aromatic N) is 2. The maximum atomic E-state index is 13.8. The molecular weight excluding hydrogens is 248 g/mol. The monoisotopic (exact) mass is 265 g/mol. The molecule has 2 unspecified atom stereocenters. The van der Waals surface area contributed by atoms with Crippen molar-refractivity contribution in [1.82, 2.24) is 4.90 Å². The smallest absolute Gasteiger partial charge is 0.183 e. The molecule has 1 heterocycles. The molecular formula is C14H17F2N3. The molecule has 5 heteroatoms. The van der Waals surface area contributed by atoms with Crippen LogP contribution in [-0.4, -0.2) is 30.6 Å². The van der Waals surface area contributed by atoms with Crippen molar-refractivity contribution in [2.45, 2.75) is 31.8 Å². The minimum Gasteiger partial charge on any atom is -0.380 e. The Kier molecular flexibility index (Phi) is 4.01. The van der Waals surface area contributed by atoms with Crippen molar-refractivity contribution in [2.75, 3.05) is 18.9 Å². The molecule has 0 aliphatic carbocycles. The van der Waals surface area contributed by atoms with Gasteiger partial charge in [-0.25, -0.2) is 8.78 Å². The third-order valence-corrected chi connectivity index (χ3v) is 3.77. The van der Waals surface area contributed by atoms with E-state index in [4.69, 9.17) is 5.26 Å². The first-order valence-corrected chi connectivity index (χ1v) is 6.37. The largest absolute Gasteiger partial charge is 0.380 e. The van der Waals surface area contributed by atoms with Crippen LogP contribution in [0.4, 0.5) is 14.5 Å². The maximum absolute atomic E-state index is 13.8. The van der Waals surface area contributed by atoms with Crippen LogP contribution in [-0.2, 0) is 0 Å². The Morgan fingerprint density at radius 2 is 2.11 bits per heavy atom. The highest BCUT2D eigenvalue weighted by Gasteiger charge is 2.24. The van der Waals surface area contributed by atoms with Crippen LogP contribution in [0.1, 0.15) is 25.3 Å². The fourth-order valence-electron chi connectivity index (χ4n) is 2.39. The van der Waals surface area contributed by atoms with Crippen LogP contribution in [0.15, 0.2) is 12.1 Å². The van der Waals surface area contributed by atoms with Gasteiger partial charge in [0.05, 0.1) is 11.3 Å². The lowest BCUT2D eigenvalue weighted by Gasteiger charge is -2.35. The van der Waals surface area contributed by atoms with E-state index in [-0.39, 0.29) is 17.3 Å². The van der Waals surface area contributed by atoms with Crippen molar-refractivity contribution >= 4 is 5.69 Å². The Morgan fingerprint density at radius 3 is 2.74 bits per heavy atom. The summed E-state index contributed by atoms with van der Waals surface area (Å²) in [5, 5.41) is 11.7. The SMILES string of the molecule is CC1CC(Nc2ccc(C#N)c(F)c2F)CCN1C. The highest BCUT2D eigenvalue weighted by molar-refractivity contribution is 5.50. The number of likely N-dealkylation sites (tertiary alicyclic amines) is 1. The molecule has 3 nitrogen and oxygen atoms in total. The molecule has 2 rings (SSSR count). The summed E-state index contributed by atoms with van der Waals surface area (Å²) in [6.45, 7) is 3.04. The summed E-state index contributed by atoms with van der Waals surface area (Å²) in [6, 6.07) is 4.91. The lowest BCUT2D eigenvalue weighted by Crippen LogP contribution is -2.42. The van der Waals surface area contributed by atoms with Crippen LogP contribution >= 0.6 is 0 Å². The van der Waals surface area contributed by atoms with Gasteiger partial charge in [0.25, 0.3) is 0 Å². The summed E-state index contributed by atoms with van der Waals surface area (Å²) < 4.78 is 27.3. The van der Waals surface area contributed by atoms with Gasteiger partial charge >= 0.3 is 0 Å².